The predicted octanol–water partition coefficient (Wildman–Crippen LogP) is 0.995. The fourth-order valence-electron chi connectivity index (χ4n) is 1.66. The summed E-state index contributed by atoms with van der Waals surface area (Å²) in [7, 11) is 2.83. The molecular formula is C10H11ClN2O3S. The van der Waals surface area contributed by atoms with Crippen LogP contribution in [0.25, 0.3) is 0 Å². The minimum atomic E-state index is -0.509. The lowest BCUT2D eigenvalue weighted by atomic mass is 9.99. The number of hydrogen-bond donors (Lipinski definition) is 1. The van der Waals surface area contributed by atoms with Crippen LogP contribution in [-0.2, 0) is 14.3 Å². The number of halogens is 1. The van der Waals surface area contributed by atoms with E-state index >= 15 is 0 Å². The number of thioether (sulfide) groups is 1. The predicted molar refractivity (Wildman–Crippen MR) is 66.8 cm³/mol. The first-order chi connectivity index (χ1) is 8.08. The minimum Gasteiger partial charge on any atom is -0.476 e. The second kappa shape index (κ2) is 4.62. The number of carbonyl (C=O) groups is 1. The molecule has 0 bridgehead atoms. The Bertz CT molecular complexity index is 458. The maximum absolute atomic E-state index is 11.5. The number of fused-ring (bicyclic) bond motifs is 1. The van der Waals surface area contributed by atoms with E-state index in [9.17, 15) is 4.79 Å². The summed E-state index contributed by atoms with van der Waals surface area (Å²) >= 11 is 7.53. The van der Waals surface area contributed by atoms with Crippen LogP contribution in [0.1, 0.15) is 0 Å². The number of nitrogens with two attached hydrogens (primary N) is 1. The average molecular weight is 275 g/mol. The second-order valence-corrected chi connectivity index (χ2v) is 4.96. The van der Waals surface area contributed by atoms with Gasteiger partial charge in [-0.15, -0.1) is 0 Å². The molecule has 0 amide bonds. The maximum atomic E-state index is 11.5. The van der Waals surface area contributed by atoms with Crippen LogP contribution < -0.4 is 5.73 Å². The van der Waals surface area contributed by atoms with Gasteiger partial charge in [0.15, 0.2) is 0 Å². The van der Waals surface area contributed by atoms with Gasteiger partial charge in [0.2, 0.25) is 5.23 Å². The summed E-state index contributed by atoms with van der Waals surface area (Å²) in [6.45, 7) is 0. The van der Waals surface area contributed by atoms with E-state index in [1.165, 1.54) is 26.0 Å². The molecule has 92 valence electrons. The summed E-state index contributed by atoms with van der Waals surface area (Å²) in [5.41, 5.74) is 6.33. The Morgan fingerprint density at radius 2 is 2.29 bits per heavy atom. The van der Waals surface area contributed by atoms with Crippen LogP contribution in [0.3, 0.4) is 0 Å². The van der Waals surface area contributed by atoms with Crippen LogP contribution in [0.15, 0.2) is 27.4 Å². The summed E-state index contributed by atoms with van der Waals surface area (Å²) < 4.78 is 9.70. The van der Waals surface area contributed by atoms with E-state index in [-0.39, 0.29) is 22.6 Å². The smallest absolute Gasteiger partial charge is 0.339 e. The molecule has 0 spiro atoms. The molecule has 0 aromatic carbocycles. The third kappa shape index (κ3) is 2.02. The number of esters is 1. The van der Waals surface area contributed by atoms with Gasteiger partial charge in [-0.25, -0.2) is 9.79 Å². The first-order valence-electron chi connectivity index (χ1n) is 4.82. The van der Waals surface area contributed by atoms with Gasteiger partial charge in [-0.1, -0.05) is 23.4 Å². The lowest BCUT2D eigenvalue weighted by molar-refractivity contribution is -0.135. The van der Waals surface area contributed by atoms with Crippen LogP contribution in [-0.4, -0.2) is 36.7 Å². The molecule has 0 aromatic rings. The molecular weight excluding hydrogens is 264 g/mol. The molecule has 1 aliphatic heterocycles. The SMILES string of the molecule is COC(=O)C1=CC2N=C(OC)SC2C(Cl)=C1N. The molecule has 1 aliphatic carbocycles. The molecule has 2 atom stereocenters. The van der Waals surface area contributed by atoms with E-state index in [1.807, 2.05) is 0 Å². The monoisotopic (exact) mass is 274 g/mol. The molecule has 5 nitrogen and oxygen atoms in total. The van der Waals surface area contributed by atoms with Crippen LogP contribution in [0.5, 0.6) is 0 Å². The van der Waals surface area contributed by atoms with Crippen molar-refractivity contribution in [3.05, 3.63) is 22.4 Å². The summed E-state index contributed by atoms with van der Waals surface area (Å²) in [4.78, 5) is 15.8. The highest BCUT2D eigenvalue weighted by molar-refractivity contribution is 8.14. The van der Waals surface area contributed by atoms with Gasteiger partial charge in [0.25, 0.3) is 0 Å². The zero-order valence-electron chi connectivity index (χ0n) is 9.27. The number of carbonyl (C=O) groups excluding carboxylic acids is 1. The van der Waals surface area contributed by atoms with E-state index in [4.69, 9.17) is 22.1 Å². The average Bonchev–Trinajstić information content (AvgIpc) is 2.76. The Labute approximate surface area is 108 Å². The van der Waals surface area contributed by atoms with Gasteiger partial charge in [0.1, 0.15) is 0 Å². The maximum Gasteiger partial charge on any atom is 0.339 e. The van der Waals surface area contributed by atoms with E-state index in [0.29, 0.717) is 10.3 Å². The number of aliphatic imine (C=N–C) groups is 1. The Kier molecular flexibility index (Phi) is 3.35. The third-order valence-electron chi connectivity index (χ3n) is 2.51. The quantitative estimate of drug-likeness (QED) is 0.722. The lowest BCUT2D eigenvalue weighted by Crippen LogP contribution is -2.28. The molecule has 17 heavy (non-hydrogen) atoms. The summed E-state index contributed by atoms with van der Waals surface area (Å²) in [5.74, 6) is -0.509. The van der Waals surface area contributed by atoms with Gasteiger partial charge in [-0.05, 0) is 6.08 Å². The molecule has 0 fully saturated rings. The van der Waals surface area contributed by atoms with Crippen molar-refractivity contribution in [3.8, 4) is 0 Å². The zero-order valence-corrected chi connectivity index (χ0v) is 10.8. The summed E-state index contributed by atoms with van der Waals surface area (Å²) in [5, 5.41) is 0.840. The fourth-order valence-corrected chi connectivity index (χ4v) is 3.03. The van der Waals surface area contributed by atoms with Crippen molar-refractivity contribution >= 4 is 34.6 Å². The highest BCUT2D eigenvalue weighted by Crippen LogP contribution is 2.40. The first-order valence-corrected chi connectivity index (χ1v) is 6.08. The van der Waals surface area contributed by atoms with Crippen LogP contribution in [0.4, 0.5) is 0 Å². The summed E-state index contributed by atoms with van der Waals surface area (Å²) in [6.07, 6.45) is 1.66. The molecule has 0 aromatic heterocycles. The topological polar surface area (TPSA) is 73.9 Å². The molecule has 2 unspecified atom stereocenters. The third-order valence-corrected chi connectivity index (χ3v) is 4.32. The molecule has 7 heteroatoms. The Balaban J connectivity index is 2.37. The van der Waals surface area contributed by atoms with Gasteiger partial charge < -0.3 is 15.2 Å². The number of methoxy groups -OCH3 is 2. The minimum absolute atomic E-state index is 0.111. The number of hydrogen-bond acceptors (Lipinski definition) is 6. The largest absolute Gasteiger partial charge is 0.476 e. The van der Waals surface area contributed by atoms with Crippen LogP contribution in [0.2, 0.25) is 0 Å². The number of ether oxygens (including phenoxy) is 2. The molecule has 0 saturated carbocycles. The van der Waals surface area contributed by atoms with Crippen molar-refractivity contribution in [1.29, 1.82) is 0 Å². The van der Waals surface area contributed by atoms with E-state index < -0.39 is 5.97 Å². The second-order valence-electron chi connectivity index (χ2n) is 3.46. The number of nitrogens with zero attached hydrogens (tertiary/aromatic N) is 1. The molecule has 2 rings (SSSR count). The van der Waals surface area contributed by atoms with Gasteiger partial charge >= 0.3 is 5.97 Å². The van der Waals surface area contributed by atoms with Crippen molar-refractivity contribution in [2.75, 3.05) is 14.2 Å². The Morgan fingerprint density at radius 1 is 1.59 bits per heavy atom. The fraction of sp³-hybridized carbons (Fsp3) is 0.400. The molecule has 2 N–H and O–H groups in total. The first kappa shape index (κ1) is 12.3. The van der Waals surface area contributed by atoms with Crippen molar-refractivity contribution in [2.24, 2.45) is 10.7 Å². The Hall–Kier alpha value is -1.14. The number of rotatable bonds is 1. The molecule has 1 heterocycles. The highest BCUT2D eigenvalue weighted by Gasteiger charge is 2.38. The molecule has 2 aliphatic rings. The van der Waals surface area contributed by atoms with Crippen molar-refractivity contribution in [3.63, 3.8) is 0 Å². The van der Waals surface area contributed by atoms with E-state index in [1.54, 1.807) is 6.08 Å². The highest BCUT2D eigenvalue weighted by atomic mass is 35.5. The van der Waals surface area contributed by atoms with Crippen molar-refractivity contribution in [2.45, 2.75) is 11.3 Å². The Morgan fingerprint density at radius 3 is 2.88 bits per heavy atom. The molecule has 0 radical (unpaired) electrons. The van der Waals surface area contributed by atoms with Gasteiger partial charge in [0, 0.05) is 0 Å². The van der Waals surface area contributed by atoms with Gasteiger partial charge in [-0.3, -0.25) is 0 Å². The van der Waals surface area contributed by atoms with Crippen molar-refractivity contribution in [1.82, 2.24) is 0 Å². The van der Waals surface area contributed by atoms with E-state index in [0.717, 1.165) is 0 Å². The molecule has 0 saturated heterocycles. The lowest BCUT2D eigenvalue weighted by Gasteiger charge is -2.21. The van der Waals surface area contributed by atoms with E-state index in [2.05, 4.69) is 9.73 Å². The normalized spacial score (nSPS) is 27.2. The standard InChI is InChI=1S/C10H11ClN2O3S/c1-15-9(14)4-3-5-8(6(11)7(4)12)17-10(13-5)16-2/h3,5,8H,12H2,1-2H3. The van der Waals surface area contributed by atoms with Crippen molar-refractivity contribution < 1.29 is 14.3 Å². The van der Waals surface area contributed by atoms with Crippen LogP contribution >= 0.6 is 23.4 Å². The van der Waals surface area contributed by atoms with Gasteiger partial charge in [-0.2, -0.15) is 0 Å². The zero-order chi connectivity index (χ0) is 12.6. The van der Waals surface area contributed by atoms with Gasteiger partial charge in [0.05, 0.1) is 41.8 Å². The summed E-state index contributed by atoms with van der Waals surface area (Å²) in [6, 6.07) is -0.233. The van der Waals surface area contributed by atoms with Crippen LogP contribution in [0, 0.1) is 0 Å².